The molecule has 0 saturated carbocycles. The molecule has 33 heavy (non-hydrogen) atoms. The zero-order chi connectivity index (χ0) is 23.5. The number of thiazole rings is 1. The number of hydrogen-bond acceptors (Lipinski definition) is 7. The minimum atomic E-state index is -0.168. The molecule has 1 amide bonds. The van der Waals surface area contributed by atoms with E-state index < -0.39 is 0 Å². The number of benzene rings is 1. The van der Waals surface area contributed by atoms with Crippen LogP contribution >= 0.6 is 11.3 Å². The summed E-state index contributed by atoms with van der Waals surface area (Å²) in [6, 6.07) is 10.1. The number of aromatic nitrogens is 1. The Bertz CT molecular complexity index is 934. The van der Waals surface area contributed by atoms with Crippen LogP contribution < -0.4 is 5.32 Å². The van der Waals surface area contributed by atoms with E-state index in [2.05, 4.69) is 27.4 Å². The Morgan fingerprint density at radius 1 is 1.24 bits per heavy atom. The lowest BCUT2D eigenvalue weighted by atomic mass is 9.90. The number of aryl methyl sites for hydroxylation is 1. The molecule has 3 rings (SSSR count). The van der Waals surface area contributed by atoms with E-state index in [9.17, 15) is 9.59 Å². The van der Waals surface area contributed by atoms with E-state index in [1.807, 2.05) is 32.0 Å². The van der Waals surface area contributed by atoms with Gasteiger partial charge in [-0.2, -0.15) is 4.99 Å². The zero-order valence-electron chi connectivity index (χ0n) is 19.5. The van der Waals surface area contributed by atoms with Crippen molar-refractivity contribution in [1.29, 1.82) is 0 Å². The number of aliphatic imine (C=N–C) groups is 1. The van der Waals surface area contributed by atoms with E-state index in [1.54, 1.807) is 0 Å². The predicted molar refractivity (Wildman–Crippen MR) is 130 cm³/mol. The predicted octanol–water partition coefficient (Wildman–Crippen LogP) is 5.32. The maximum Gasteiger partial charge on any atom is 0.306 e. The first-order chi connectivity index (χ1) is 16.1. The van der Waals surface area contributed by atoms with Gasteiger partial charge in [0.15, 0.2) is 5.90 Å². The fraction of sp³-hybridized carbons (Fsp3) is 0.520. The van der Waals surface area contributed by atoms with Crippen LogP contribution in [0.3, 0.4) is 0 Å². The third-order valence-corrected chi connectivity index (χ3v) is 6.57. The van der Waals surface area contributed by atoms with E-state index in [-0.39, 0.29) is 17.8 Å². The Balaban J connectivity index is 1.46. The van der Waals surface area contributed by atoms with Crippen molar-refractivity contribution in [3.8, 4) is 0 Å². The second-order valence-electron chi connectivity index (χ2n) is 8.09. The van der Waals surface area contributed by atoms with Crippen molar-refractivity contribution in [3.05, 3.63) is 46.5 Å². The summed E-state index contributed by atoms with van der Waals surface area (Å²) >= 11 is 1.30. The summed E-state index contributed by atoms with van der Waals surface area (Å²) in [5, 5.41) is 3.56. The van der Waals surface area contributed by atoms with Gasteiger partial charge in [0.05, 0.1) is 25.3 Å². The van der Waals surface area contributed by atoms with Crippen LogP contribution in [0.1, 0.15) is 78.7 Å². The average molecular weight is 472 g/mol. The van der Waals surface area contributed by atoms with Crippen LogP contribution in [0.25, 0.3) is 0 Å². The highest BCUT2D eigenvalue weighted by Crippen LogP contribution is 2.27. The molecule has 1 saturated heterocycles. The lowest BCUT2D eigenvalue weighted by Crippen LogP contribution is -2.24. The van der Waals surface area contributed by atoms with E-state index >= 15 is 0 Å². The van der Waals surface area contributed by atoms with Gasteiger partial charge in [-0.25, -0.2) is 4.98 Å². The number of amides is 1. The molecule has 1 N–H and O–H groups in total. The highest BCUT2D eigenvalue weighted by molar-refractivity contribution is 7.17. The fourth-order valence-corrected chi connectivity index (χ4v) is 4.68. The molecule has 1 aliphatic heterocycles. The van der Waals surface area contributed by atoms with Gasteiger partial charge in [0.2, 0.25) is 5.13 Å². The monoisotopic (exact) mass is 471 g/mol. The molecule has 0 bridgehead atoms. The van der Waals surface area contributed by atoms with Crippen molar-refractivity contribution in [2.24, 2.45) is 4.99 Å². The Morgan fingerprint density at radius 3 is 2.79 bits per heavy atom. The van der Waals surface area contributed by atoms with E-state index in [0.717, 1.165) is 44.1 Å². The van der Waals surface area contributed by atoms with Gasteiger partial charge in [-0.3, -0.25) is 9.59 Å². The highest BCUT2D eigenvalue weighted by Gasteiger charge is 2.18. The summed E-state index contributed by atoms with van der Waals surface area (Å²) < 4.78 is 10.7. The van der Waals surface area contributed by atoms with Gasteiger partial charge >= 0.3 is 5.97 Å². The number of hydrogen-bond donors (Lipinski definition) is 1. The van der Waals surface area contributed by atoms with Crippen LogP contribution in [0, 0.1) is 6.92 Å². The van der Waals surface area contributed by atoms with Gasteiger partial charge in [0, 0.05) is 13.0 Å². The number of nitrogens with zero attached hydrogens (tertiary/aromatic N) is 2. The van der Waals surface area contributed by atoms with Gasteiger partial charge in [-0.05, 0) is 51.0 Å². The molecular weight excluding hydrogens is 438 g/mol. The van der Waals surface area contributed by atoms with Crippen LogP contribution in [-0.2, 0) is 14.3 Å². The van der Waals surface area contributed by atoms with Crippen molar-refractivity contribution >= 4 is 34.2 Å². The van der Waals surface area contributed by atoms with Crippen molar-refractivity contribution < 1.29 is 19.1 Å². The average Bonchev–Trinajstić information content (AvgIpc) is 3.19. The highest BCUT2D eigenvalue weighted by atomic mass is 32.1. The topological polar surface area (TPSA) is 89.9 Å². The third-order valence-electron chi connectivity index (χ3n) is 5.52. The minimum Gasteiger partial charge on any atom is -0.481 e. The minimum absolute atomic E-state index is 0.118. The van der Waals surface area contributed by atoms with Gasteiger partial charge in [-0.1, -0.05) is 48.1 Å². The lowest BCUT2D eigenvalue weighted by Gasteiger charge is -2.16. The molecule has 1 aromatic carbocycles. The second-order valence-corrected chi connectivity index (χ2v) is 9.07. The molecule has 7 nitrogen and oxygen atoms in total. The number of unbranched alkanes of at least 4 members (excludes halogenated alkanes) is 1. The quantitative estimate of drug-likeness (QED) is 0.354. The first-order valence-electron chi connectivity index (χ1n) is 11.7. The summed E-state index contributed by atoms with van der Waals surface area (Å²) in [4.78, 5) is 34.1. The van der Waals surface area contributed by atoms with E-state index in [4.69, 9.17) is 9.47 Å². The summed E-state index contributed by atoms with van der Waals surface area (Å²) in [6.07, 6.45) is 5.91. The number of nitrogens with one attached hydrogen (secondary N) is 1. The Hall–Kier alpha value is -2.74. The van der Waals surface area contributed by atoms with Gasteiger partial charge in [-0.15, -0.1) is 0 Å². The number of carbonyl (C=O) groups excluding carboxylic acids is 2. The Labute approximate surface area is 199 Å². The molecule has 1 aromatic heterocycles. The first-order valence-corrected chi connectivity index (χ1v) is 12.5. The van der Waals surface area contributed by atoms with E-state index in [1.165, 1.54) is 11.3 Å². The number of rotatable bonds is 11. The molecule has 8 heteroatoms. The van der Waals surface area contributed by atoms with Crippen LogP contribution in [0.4, 0.5) is 5.13 Å². The molecule has 2 heterocycles. The number of carbonyl (C=O) groups is 2. The molecule has 1 unspecified atom stereocenters. The van der Waals surface area contributed by atoms with Gasteiger partial charge in [0.1, 0.15) is 4.88 Å². The lowest BCUT2D eigenvalue weighted by molar-refractivity contribution is -0.143. The molecule has 178 valence electrons. The van der Waals surface area contributed by atoms with Crippen molar-refractivity contribution in [2.75, 3.05) is 19.8 Å². The standard InChI is InChI=1S/C25H33N3O4S/c1-3-31-22(29)17-20(19-11-5-4-6-12-19)13-7-9-15-26-24(30)23-18(2)27-25(33-23)28-21-14-8-10-16-32-21/h4-6,11-12,20H,3,7-10,13-17H2,1-2H3,(H,26,30). The largest absolute Gasteiger partial charge is 0.481 e. The number of esters is 1. The van der Waals surface area contributed by atoms with Crippen molar-refractivity contribution in [3.63, 3.8) is 0 Å². The normalized spacial score (nSPS) is 15.6. The van der Waals surface area contributed by atoms with Crippen LogP contribution in [0.15, 0.2) is 35.3 Å². The summed E-state index contributed by atoms with van der Waals surface area (Å²) in [5.74, 6) is 0.539. The molecule has 1 atom stereocenters. The molecular formula is C25H33N3O4S. The first kappa shape index (κ1) is 24.9. The zero-order valence-corrected chi connectivity index (χ0v) is 20.3. The molecule has 2 aromatic rings. The molecule has 0 aliphatic carbocycles. The van der Waals surface area contributed by atoms with E-state index in [0.29, 0.717) is 47.8 Å². The summed E-state index contributed by atoms with van der Waals surface area (Å²) in [5.41, 5.74) is 1.83. The Kier molecular flexibility index (Phi) is 9.87. The van der Waals surface area contributed by atoms with Crippen LogP contribution in [-0.4, -0.2) is 42.5 Å². The van der Waals surface area contributed by atoms with Crippen molar-refractivity contribution in [1.82, 2.24) is 10.3 Å². The van der Waals surface area contributed by atoms with Gasteiger partial charge in [0.25, 0.3) is 5.91 Å². The smallest absolute Gasteiger partial charge is 0.306 e. The maximum atomic E-state index is 12.6. The maximum absolute atomic E-state index is 12.6. The van der Waals surface area contributed by atoms with Gasteiger partial charge < -0.3 is 14.8 Å². The van der Waals surface area contributed by atoms with Crippen molar-refractivity contribution in [2.45, 2.75) is 64.7 Å². The molecule has 0 spiro atoms. The number of ether oxygens (including phenoxy) is 2. The molecule has 1 aliphatic rings. The fourth-order valence-electron chi connectivity index (χ4n) is 3.81. The molecule has 0 radical (unpaired) electrons. The Morgan fingerprint density at radius 2 is 2.06 bits per heavy atom. The van der Waals surface area contributed by atoms with Crippen LogP contribution in [0.2, 0.25) is 0 Å². The summed E-state index contributed by atoms with van der Waals surface area (Å²) in [6.45, 7) is 5.31. The third kappa shape index (κ3) is 7.96. The second kappa shape index (κ2) is 13.1. The summed E-state index contributed by atoms with van der Waals surface area (Å²) in [7, 11) is 0. The molecule has 1 fully saturated rings. The van der Waals surface area contributed by atoms with Crippen LogP contribution in [0.5, 0.6) is 0 Å². The SMILES string of the molecule is CCOC(=O)CC(CCCCNC(=O)c1sc(N=C2CCCCO2)nc1C)c1ccccc1.